The second kappa shape index (κ2) is 4.53. The van der Waals surface area contributed by atoms with E-state index in [1.807, 2.05) is 6.92 Å². The summed E-state index contributed by atoms with van der Waals surface area (Å²) in [6.07, 6.45) is 2.87. The topological polar surface area (TPSA) is 46.6 Å². The molecule has 1 aliphatic carbocycles. The minimum atomic E-state index is -0.632. The molecule has 1 heterocycles. The second-order valence-corrected chi connectivity index (χ2v) is 4.66. The van der Waals surface area contributed by atoms with Crippen LogP contribution >= 0.6 is 0 Å². The van der Waals surface area contributed by atoms with E-state index in [1.54, 1.807) is 4.90 Å². The molecule has 0 atom stereocenters. The Morgan fingerprint density at radius 1 is 1.25 bits per heavy atom. The molecular formula is C12H19NO3. The fourth-order valence-corrected chi connectivity index (χ4v) is 2.27. The van der Waals surface area contributed by atoms with Crippen LogP contribution in [0.25, 0.3) is 0 Å². The zero-order valence-corrected chi connectivity index (χ0v) is 9.83. The highest BCUT2D eigenvalue weighted by Crippen LogP contribution is 2.49. The number of nitrogens with zero attached hydrogens (tertiary/aromatic N) is 1. The summed E-state index contributed by atoms with van der Waals surface area (Å²) in [5, 5.41) is 0. The summed E-state index contributed by atoms with van der Waals surface area (Å²) in [7, 11) is 0. The first kappa shape index (κ1) is 11.6. The van der Waals surface area contributed by atoms with Crippen molar-refractivity contribution < 1.29 is 14.3 Å². The van der Waals surface area contributed by atoms with Crippen LogP contribution in [0.2, 0.25) is 0 Å². The maximum atomic E-state index is 12.2. The van der Waals surface area contributed by atoms with Crippen molar-refractivity contribution in [1.29, 1.82) is 0 Å². The molecule has 1 aliphatic heterocycles. The van der Waals surface area contributed by atoms with Gasteiger partial charge in [0.05, 0.1) is 13.2 Å². The van der Waals surface area contributed by atoms with Crippen LogP contribution in [0.15, 0.2) is 0 Å². The summed E-state index contributed by atoms with van der Waals surface area (Å²) >= 11 is 0. The van der Waals surface area contributed by atoms with Crippen molar-refractivity contribution in [3.63, 3.8) is 0 Å². The molecule has 0 unspecified atom stereocenters. The summed E-state index contributed by atoms with van der Waals surface area (Å²) in [5.74, 6) is 0.195. The third kappa shape index (κ3) is 1.98. The Bertz CT molecular complexity index is 291. The molecule has 0 spiro atoms. The van der Waals surface area contributed by atoms with Crippen LogP contribution in [0.3, 0.4) is 0 Å². The first-order chi connectivity index (χ1) is 7.70. The largest absolute Gasteiger partial charge is 0.378 e. The Labute approximate surface area is 95.9 Å². The van der Waals surface area contributed by atoms with Gasteiger partial charge in [0, 0.05) is 19.5 Å². The number of amides is 1. The predicted octanol–water partition coefficient (Wildman–Crippen LogP) is 0.995. The van der Waals surface area contributed by atoms with Gasteiger partial charge in [-0.3, -0.25) is 9.59 Å². The Hall–Kier alpha value is -0.900. The molecule has 4 nitrogen and oxygen atoms in total. The number of carbonyl (C=O) groups excluding carboxylic acids is 2. The highest BCUT2D eigenvalue weighted by Gasteiger charge is 2.56. The summed E-state index contributed by atoms with van der Waals surface area (Å²) < 4.78 is 5.21. The fourth-order valence-electron chi connectivity index (χ4n) is 2.27. The molecule has 1 amide bonds. The monoisotopic (exact) mass is 225 g/mol. The number of morpholine rings is 1. The van der Waals surface area contributed by atoms with E-state index in [9.17, 15) is 9.59 Å². The van der Waals surface area contributed by atoms with Gasteiger partial charge in [0.2, 0.25) is 5.91 Å². The minimum Gasteiger partial charge on any atom is -0.378 e. The highest BCUT2D eigenvalue weighted by atomic mass is 16.5. The number of ether oxygens (including phenoxy) is 1. The van der Waals surface area contributed by atoms with E-state index >= 15 is 0 Å². The lowest BCUT2D eigenvalue weighted by Crippen LogP contribution is -2.46. The van der Waals surface area contributed by atoms with Gasteiger partial charge in [-0.1, -0.05) is 6.92 Å². The highest BCUT2D eigenvalue weighted by molar-refractivity contribution is 6.08. The van der Waals surface area contributed by atoms with Crippen LogP contribution < -0.4 is 0 Å². The Morgan fingerprint density at radius 3 is 2.38 bits per heavy atom. The molecule has 1 saturated heterocycles. The van der Waals surface area contributed by atoms with Gasteiger partial charge in [-0.15, -0.1) is 0 Å². The van der Waals surface area contributed by atoms with E-state index in [0.29, 0.717) is 32.7 Å². The van der Waals surface area contributed by atoms with Crippen LogP contribution in [-0.4, -0.2) is 42.9 Å². The molecule has 0 N–H and O–H groups in total. The Balaban J connectivity index is 2.00. The molecule has 90 valence electrons. The molecule has 4 heteroatoms. The number of carbonyl (C=O) groups is 2. The van der Waals surface area contributed by atoms with E-state index < -0.39 is 5.41 Å². The summed E-state index contributed by atoms with van der Waals surface area (Å²) in [6.45, 7) is 4.46. The van der Waals surface area contributed by atoms with Gasteiger partial charge in [0.15, 0.2) is 0 Å². The summed E-state index contributed by atoms with van der Waals surface area (Å²) in [5.41, 5.74) is -0.632. The van der Waals surface area contributed by atoms with Gasteiger partial charge in [-0.25, -0.2) is 0 Å². The quantitative estimate of drug-likeness (QED) is 0.670. The number of hydrogen-bond donors (Lipinski definition) is 0. The van der Waals surface area contributed by atoms with Gasteiger partial charge in [0.25, 0.3) is 0 Å². The Morgan fingerprint density at radius 2 is 1.88 bits per heavy atom. The summed E-state index contributed by atoms with van der Waals surface area (Å²) in [6, 6.07) is 0. The average molecular weight is 225 g/mol. The smallest absolute Gasteiger partial charge is 0.236 e. The van der Waals surface area contributed by atoms with Gasteiger partial charge in [-0.2, -0.15) is 0 Å². The van der Waals surface area contributed by atoms with Crippen molar-refractivity contribution in [1.82, 2.24) is 4.90 Å². The normalized spacial score (nSPS) is 22.9. The van der Waals surface area contributed by atoms with Crippen molar-refractivity contribution >= 4 is 11.7 Å². The van der Waals surface area contributed by atoms with E-state index in [1.165, 1.54) is 0 Å². The lowest BCUT2D eigenvalue weighted by molar-refractivity contribution is -0.146. The first-order valence-electron chi connectivity index (χ1n) is 6.11. The Kier molecular flexibility index (Phi) is 3.28. The molecule has 16 heavy (non-hydrogen) atoms. The molecule has 0 aromatic heterocycles. The fraction of sp³-hybridized carbons (Fsp3) is 0.833. The number of ketones is 1. The zero-order chi connectivity index (χ0) is 11.6. The third-order valence-electron chi connectivity index (χ3n) is 3.47. The van der Waals surface area contributed by atoms with E-state index in [2.05, 4.69) is 0 Å². The molecule has 0 aromatic rings. The van der Waals surface area contributed by atoms with Crippen molar-refractivity contribution in [2.75, 3.05) is 26.3 Å². The van der Waals surface area contributed by atoms with Crippen molar-refractivity contribution in [3.05, 3.63) is 0 Å². The first-order valence-corrected chi connectivity index (χ1v) is 6.11. The van der Waals surface area contributed by atoms with E-state index in [-0.39, 0.29) is 11.7 Å². The molecule has 1 saturated carbocycles. The lowest BCUT2D eigenvalue weighted by Gasteiger charge is -2.30. The number of Topliss-reactive ketones (excluding diaryl/α,β-unsaturated/α-hetero) is 1. The molecule has 2 rings (SSSR count). The maximum Gasteiger partial charge on any atom is 0.236 e. The molecule has 2 fully saturated rings. The molecule has 2 aliphatic rings. The van der Waals surface area contributed by atoms with Gasteiger partial charge >= 0.3 is 0 Å². The van der Waals surface area contributed by atoms with Gasteiger partial charge in [-0.05, 0) is 19.3 Å². The minimum absolute atomic E-state index is 0.0502. The third-order valence-corrected chi connectivity index (χ3v) is 3.47. The van der Waals surface area contributed by atoms with Crippen molar-refractivity contribution in [2.24, 2.45) is 5.41 Å². The number of rotatable bonds is 4. The maximum absolute atomic E-state index is 12.2. The number of hydrogen-bond acceptors (Lipinski definition) is 3. The van der Waals surface area contributed by atoms with Gasteiger partial charge < -0.3 is 9.64 Å². The summed E-state index contributed by atoms with van der Waals surface area (Å²) in [4.78, 5) is 26.0. The average Bonchev–Trinajstić information content (AvgIpc) is 3.11. The molecular weight excluding hydrogens is 206 g/mol. The zero-order valence-electron chi connectivity index (χ0n) is 9.83. The van der Waals surface area contributed by atoms with Crippen LogP contribution in [0.4, 0.5) is 0 Å². The van der Waals surface area contributed by atoms with Crippen LogP contribution in [0.1, 0.15) is 32.6 Å². The standard InChI is InChI=1S/C12H19NO3/c1-2-3-10(14)12(4-5-12)11(15)13-6-8-16-9-7-13/h2-9H2,1H3. The predicted molar refractivity (Wildman–Crippen MR) is 59.0 cm³/mol. The molecule has 0 bridgehead atoms. The van der Waals surface area contributed by atoms with E-state index in [0.717, 1.165) is 19.3 Å². The van der Waals surface area contributed by atoms with E-state index in [4.69, 9.17) is 4.74 Å². The van der Waals surface area contributed by atoms with Crippen molar-refractivity contribution in [2.45, 2.75) is 32.6 Å². The van der Waals surface area contributed by atoms with Crippen molar-refractivity contribution in [3.8, 4) is 0 Å². The molecule has 0 aromatic carbocycles. The van der Waals surface area contributed by atoms with Crippen LogP contribution in [0.5, 0.6) is 0 Å². The lowest BCUT2D eigenvalue weighted by atomic mass is 9.95. The van der Waals surface area contributed by atoms with Crippen LogP contribution in [0, 0.1) is 5.41 Å². The molecule has 0 radical (unpaired) electrons. The van der Waals surface area contributed by atoms with Crippen LogP contribution in [-0.2, 0) is 14.3 Å². The second-order valence-electron chi connectivity index (χ2n) is 4.66. The SMILES string of the molecule is CCCC(=O)C1(C(=O)N2CCOCC2)CC1. The van der Waals surface area contributed by atoms with Gasteiger partial charge in [0.1, 0.15) is 11.2 Å².